The van der Waals surface area contributed by atoms with Crippen LogP contribution in [-0.2, 0) is 6.42 Å². The lowest BCUT2D eigenvalue weighted by atomic mass is 10.3. The molecule has 0 spiro atoms. The van der Waals surface area contributed by atoms with E-state index in [1.54, 1.807) is 12.4 Å². The highest BCUT2D eigenvalue weighted by Gasteiger charge is 2.02. The van der Waals surface area contributed by atoms with Crippen molar-refractivity contribution in [1.29, 1.82) is 0 Å². The van der Waals surface area contributed by atoms with Crippen molar-refractivity contribution in [1.82, 2.24) is 9.97 Å². The lowest BCUT2D eigenvalue weighted by molar-refractivity contribution is 0.320. The van der Waals surface area contributed by atoms with Crippen molar-refractivity contribution in [2.75, 3.05) is 0 Å². The summed E-state index contributed by atoms with van der Waals surface area (Å²) in [6, 6.07) is 0. The van der Waals surface area contributed by atoms with E-state index in [1.165, 1.54) is 0 Å². The smallest absolute Gasteiger partial charge is 0.212 e. The fraction of sp³-hybridized carbons (Fsp3) is 0.286. The molecule has 5 heteroatoms. The van der Waals surface area contributed by atoms with Crippen LogP contribution >= 0.6 is 11.6 Å². The number of halogens is 1. The Bertz CT molecular complexity index is 283. The van der Waals surface area contributed by atoms with Crippen LogP contribution in [0.5, 0.6) is 0 Å². The Kier molecular flexibility index (Phi) is 2.99. The fourth-order valence-corrected chi connectivity index (χ4v) is 0.786. The van der Waals surface area contributed by atoms with E-state index in [9.17, 15) is 0 Å². The van der Waals surface area contributed by atoms with E-state index in [0.29, 0.717) is 0 Å². The molecule has 0 fully saturated rings. The van der Waals surface area contributed by atoms with Gasteiger partial charge in [0.05, 0.1) is 0 Å². The number of nitrogens with zero attached hydrogens (tertiary/aromatic N) is 3. The van der Waals surface area contributed by atoms with Gasteiger partial charge in [-0.1, -0.05) is 23.7 Å². The SMILES string of the molecule is CCc1cnc(/C(Cl)=N/O)nc1. The number of hydrogen-bond donors (Lipinski definition) is 1. The van der Waals surface area contributed by atoms with Gasteiger partial charge in [0.15, 0.2) is 5.82 Å². The second-order valence-corrected chi connectivity index (χ2v) is 2.52. The predicted molar refractivity (Wildman–Crippen MR) is 45.6 cm³/mol. The first-order valence-corrected chi connectivity index (χ1v) is 3.84. The van der Waals surface area contributed by atoms with Crippen LogP contribution in [0.3, 0.4) is 0 Å². The number of oxime groups is 1. The van der Waals surface area contributed by atoms with Crippen molar-refractivity contribution >= 4 is 16.8 Å². The number of aromatic nitrogens is 2. The monoisotopic (exact) mass is 185 g/mol. The van der Waals surface area contributed by atoms with Gasteiger partial charge in [0.2, 0.25) is 5.17 Å². The molecule has 4 nitrogen and oxygen atoms in total. The van der Waals surface area contributed by atoms with Crippen molar-refractivity contribution in [2.24, 2.45) is 5.16 Å². The molecule has 64 valence electrons. The summed E-state index contributed by atoms with van der Waals surface area (Å²) >= 11 is 5.46. The zero-order valence-electron chi connectivity index (χ0n) is 6.53. The summed E-state index contributed by atoms with van der Waals surface area (Å²) in [5.74, 6) is 0.233. The van der Waals surface area contributed by atoms with Gasteiger partial charge < -0.3 is 5.21 Å². The minimum atomic E-state index is -0.0994. The molecule has 1 aromatic rings. The average molecular weight is 186 g/mol. The number of aryl methyl sites for hydroxylation is 1. The minimum absolute atomic E-state index is 0.0994. The van der Waals surface area contributed by atoms with E-state index in [4.69, 9.17) is 16.8 Å². The molecular formula is C7H8ClN3O. The minimum Gasteiger partial charge on any atom is -0.410 e. The summed E-state index contributed by atoms with van der Waals surface area (Å²) < 4.78 is 0. The van der Waals surface area contributed by atoms with Crippen LogP contribution in [0.1, 0.15) is 18.3 Å². The van der Waals surface area contributed by atoms with E-state index < -0.39 is 0 Å². The fourth-order valence-electron chi connectivity index (χ4n) is 0.689. The van der Waals surface area contributed by atoms with Gasteiger partial charge in [0, 0.05) is 12.4 Å². The predicted octanol–water partition coefficient (Wildman–Crippen LogP) is 1.41. The summed E-state index contributed by atoms with van der Waals surface area (Å²) in [5.41, 5.74) is 1.01. The van der Waals surface area contributed by atoms with E-state index >= 15 is 0 Å². The highest BCUT2D eigenvalue weighted by atomic mass is 35.5. The maximum Gasteiger partial charge on any atom is 0.212 e. The Morgan fingerprint density at radius 2 is 2.17 bits per heavy atom. The maximum absolute atomic E-state index is 8.29. The highest BCUT2D eigenvalue weighted by molar-refractivity contribution is 6.68. The molecule has 1 heterocycles. The van der Waals surface area contributed by atoms with Crippen molar-refractivity contribution < 1.29 is 5.21 Å². The molecule has 0 aliphatic carbocycles. The standard InChI is InChI=1S/C7H8ClN3O/c1-2-5-3-9-7(10-4-5)6(8)11-12/h3-4,12H,2H2,1H3/b11-6-. The molecule has 0 aliphatic heterocycles. The Morgan fingerprint density at radius 3 is 2.58 bits per heavy atom. The van der Waals surface area contributed by atoms with Crippen LogP contribution in [0.15, 0.2) is 17.5 Å². The highest BCUT2D eigenvalue weighted by Crippen LogP contribution is 2.00. The van der Waals surface area contributed by atoms with Crippen molar-refractivity contribution in [2.45, 2.75) is 13.3 Å². The molecule has 0 aliphatic rings. The van der Waals surface area contributed by atoms with Crippen molar-refractivity contribution in [3.05, 3.63) is 23.8 Å². The van der Waals surface area contributed by atoms with Gasteiger partial charge in [-0.3, -0.25) is 0 Å². The molecule has 1 aromatic heterocycles. The summed E-state index contributed by atoms with van der Waals surface area (Å²) in [4.78, 5) is 7.77. The van der Waals surface area contributed by atoms with Gasteiger partial charge in [-0.15, -0.1) is 0 Å². The molecular weight excluding hydrogens is 178 g/mol. The molecule has 0 saturated carbocycles. The van der Waals surface area contributed by atoms with Crippen LogP contribution in [0.25, 0.3) is 0 Å². The first-order valence-electron chi connectivity index (χ1n) is 3.46. The maximum atomic E-state index is 8.29. The van der Waals surface area contributed by atoms with Crippen LogP contribution < -0.4 is 0 Å². The molecule has 0 unspecified atom stereocenters. The zero-order chi connectivity index (χ0) is 8.97. The summed E-state index contributed by atoms with van der Waals surface area (Å²) in [5, 5.41) is 11.0. The third-order valence-electron chi connectivity index (χ3n) is 1.39. The van der Waals surface area contributed by atoms with E-state index in [2.05, 4.69) is 15.1 Å². The molecule has 0 saturated heterocycles. The lowest BCUT2D eigenvalue weighted by Crippen LogP contribution is -2.00. The Hall–Kier alpha value is -1.16. The van der Waals surface area contributed by atoms with E-state index in [1.807, 2.05) is 6.92 Å². The van der Waals surface area contributed by atoms with Gasteiger partial charge in [-0.25, -0.2) is 9.97 Å². The van der Waals surface area contributed by atoms with Crippen LogP contribution in [0, 0.1) is 0 Å². The average Bonchev–Trinajstić information content (AvgIpc) is 2.17. The van der Waals surface area contributed by atoms with Crippen LogP contribution in [-0.4, -0.2) is 20.3 Å². The van der Waals surface area contributed by atoms with Gasteiger partial charge >= 0.3 is 0 Å². The third-order valence-corrected chi connectivity index (χ3v) is 1.63. The van der Waals surface area contributed by atoms with Gasteiger partial charge in [-0.2, -0.15) is 0 Å². The second kappa shape index (κ2) is 4.01. The lowest BCUT2D eigenvalue weighted by Gasteiger charge is -1.96. The second-order valence-electron chi connectivity index (χ2n) is 2.16. The molecule has 12 heavy (non-hydrogen) atoms. The van der Waals surface area contributed by atoms with E-state index in [-0.39, 0.29) is 11.0 Å². The van der Waals surface area contributed by atoms with Crippen molar-refractivity contribution in [3.63, 3.8) is 0 Å². The third kappa shape index (κ3) is 1.92. The Morgan fingerprint density at radius 1 is 1.58 bits per heavy atom. The summed E-state index contributed by atoms with van der Waals surface area (Å²) in [6.07, 6.45) is 4.17. The summed E-state index contributed by atoms with van der Waals surface area (Å²) in [6.45, 7) is 2.00. The first kappa shape index (κ1) is 8.93. The normalized spacial score (nSPS) is 11.7. The molecule has 0 amide bonds. The largest absolute Gasteiger partial charge is 0.410 e. The van der Waals surface area contributed by atoms with Gasteiger partial charge in [0.25, 0.3) is 0 Å². The molecule has 0 atom stereocenters. The molecule has 1 rings (SSSR count). The first-order chi connectivity index (χ1) is 5.77. The quantitative estimate of drug-likeness (QED) is 0.431. The van der Waals surface area contributed by atoms with Crippen LogP contribution in [0.2, 0.25) is 0 Å². The zero-order valence-corrected chi connectivity index (χ0v) is 7.28. The molecule has 0 bridgehead atoms. The van der Waals surface area contributed by atoms with Gasteiger partial charge in [-0.05, 0) is 12.0 Å². The van der Waals surface area contributed by atoms with Gasteiger partial charge in [0.1, 0.15) is 0 Å². The molecule has 0 aromatic carbocycles. The topological polar surface area (TPSA) is 58.4 Å². The van der Waals surface area contributed by atoms with Crippen LogP contribution in [0.4, 0.5) is 0 Å². The Labute approximate surface area is 74.9 Å². The van der Waals surface area contributed by atoms with E-state index in [0.717, 1.165) is 12.0 Å². The summed E-state index contributed by atoms with van der Waals surface area (Å²) in [7, 11) is 0. The molecule has 1 N–H and O–H groups in total. The van der Waals surface area contributed by atoms with Crippen molar-refractivity contribution in [3.8, 4) is 0 Å². The number of hydrogen-bond acceptors (Lipinski definition) is 4. The Balaban J connectivity index is 2.92. The molecule has 0 radical (unpaired) electrons. The number of rotatable bonds is 2.